The van der Waals surface area contributed by atoms with E-state index in [0.29, 0.717) is 28.0 Å². The highest BCUT2D eigenvalue weighted by Crippen LogP contribution is 2.32. The topological polar surface area (TPSA) is 91.0 Å². The minimum absolute atomic E-state index is 0.365. The molecule has 18 heavy (non-hydrogen) atoms. The molecule has 3 aromatic rings. The van der Waals surface area contributed by atoms with Crippen molar-refractivity contribution in [1.29, 1.82) is 0 Å². The van der Waals surface area contributed by atoms with Gasteiger partial charge in [-0.1, -0.05) is 5.16 Å². The van der Waals surface area contributed by atoms with Gasteiger partial charge in [-0.05, 0) is 37.0 Å². The summed E-state index contributed by atoms with van der Waals surface area (Å²) >= 11 is 1.21. The fourth-order valence-electron chi connectivity index (χ4n) is 1.67. The highest BCUT2D eigenvalue weighted by molar-refractivity contribution is 7.10. The molecule has 0 saturated heterocycles. The number of aryl methyl sites for hydroxylation is 2. The molecule has 0 aliphatic rings. The Morgan fingerprint density at radius 3 is 2.78 bits per heavy atom. The molecule has 0 unspecified atom stereocenters. The number of nitrogens with two attached hydrogens (primary N) is 1. The zero-order valence-electron chi connectivity index (χ0n) is 9.80. The van der Waals surface area contributed by atoms with Gasteiger partial charge in [0.15, 0.2) is 5.76 Å². The number of nitrogen functional groups attached to an aromatic ring is 1. The minimum Gasteiger partial charge on any atom is -0.461 e. The van der Waals surface area contributed by atoms with Crippen LogP contribution >= 0.6 is 11.5 Å². The Bertz CT molecular complexity index is 678. The number of anilines is 1. The predicted molar refractivity (Wildman–Crippen MR) is 67.0 cm³/mol. The fourth-order valence-corrected chi connectivity index (χ4v) is 2.32. The van der Waals surface area contributed by atoms with Gasteiger partial charge in [0.1, 0.15) is 5.00 Å². The van der Waals surface area contributed by atoms with Crippen molar-refractivity contribution in [3.63, 3.8) is 0 Å². The van der Waals surface area contributed by atoms with Crippen molar-refractivity contribution in [3.05, 3.63) is 23.6 Å². The minimum atomic E-state index is 0.365. The molecule has 7 heteroatoms. The van der Waals surface area contributed by atoms with E-state index >= 15 is 0 Å². The Morgan fingerprint density at radius 1 is 1.33 bits per heavy atom. The lowest BCUT2D eigenvalue weighted by atomic mass is 10.2. The summed E-state index contributed by atoms with van der Waals surface area (Å²) in [4.78, 5) is 4.29. The maximum Gasteiger partial charge on any atom is 0.263 e. The van der Waals surface area contributed by atoms with Gasteiger partial charge in [0, 0.05) is 0 Å². The van der Waals surface area contributed by atoms with Crippen LogP contribution in [0.1, 0.15) is 11.3 Å². The van der Waals surface area contributed by atoms with Crippen molar-refractivity contribution in [2.24, 2.45) is 0 Å². The normalized spacial score (nSPS) is 11.0. The van der Waals surface area contributed by atoms with E-state index in [2.05, 4.69) is 14.5 Å². The van der Waals surface area contributed by atoms with Crippen LogP contribution in [0.4, 0.5) is 5.00 Å². The molecule has 6 nitrogen and oxygen atoms in total. The summed E-state index contributed by atoms with van der Waals surface area (Å²) in [6.07, 6.45) is 1.59. The Morgan fingerprint density at radius 2 is 2.17 bits per heavy atom. The van der Waals surface area contributed by atoms with Crippen LogP contribution in [-0.2, 0) is 0 Å². The molecule has 3 heterocycles. The number of hydrogen-bond acceptors (Lipinski definition) is 7. The molecule has 3 rings (SSSR count). The molecule has 0 fully saturated rings. The van der Waals surface area contributed by atoms with E-state index in [-0.39, 0.29) is 0 Å². The third-order valence-corrected chi connectivity index (χ3v) is 3.36. The molecular formula is C11H10N4O2S. The van der Waals surface area contributed by atoms with Crippen LogP contribution in [0.15, 0.2) is 21.3 Å². The highest BCUT2D eigenvalue weighted by atomic mass is 32.1. The van der Waals surface area contributed by atoms with Crippen LogP contribution in [0.2, 0.25) is 0 Å². The van der Waals surface area contributed by atoms with Gasteiger partial charge >= 0.3 is 0 Å². The van der Waals surface area contributed by atoms with Gasteiger partial charge in [0.25, 0.3) is 5.89 Å². The van der Waals surface area contributed by atoms with Crippen LogP contribution in [0.25, 0.3) is 23.0 Å². The Hall–Kier alpha value is -2.15. The maximum atomic E-state index is 5.84. The lowest BCUT2D eigenvalue weighted by molar-refractivity contribution is 0.429. The fraction of sp³-hybridized carbons (Fsp3) is 0.182. The van der Waals surface area contributed by atoms with Crippen LogP contribution in [-0.4, -0.2) is 14.5 Å². The second-order valence-corrected chi connectivity index (χ2v) is 4.67. The SMILES string of the molecule is Cc1ccoc1-c1noc(-c2c(C)nsc2N)n1. The van der Waals surface area contributed by atoms with Gasteiger partial charge in [-0.25, -0.2) is 0 Å². The average Bonchev–Trinajstić information content (AvgIpc) is 3.00. The van der Waals surface area contributed by atoms with Crippen molar-refractivity contribution in [2.75, 3.05) is 5.73 Å². The van der Waals surface area contributed by atoms with Gasteiger partial charge < -0.3 is 14.7 Å². The zero-order chi connectivity index (χ0) is 12.7. The Balaban J connectivity index is 2.08. The van der Waals surface area contributed by atoms with Gasteiger partial charge in [-0.2, -0.15) is 9.36 Å². The molecule has 2 N–H and O–H groups in total. The Labute approximate surface area is 107 Å². The van der Waals surface area contributed by atoms with Crippen molar-refractivity contribution in [1.82, 2.24) is 14.5 Å². The number of rotatable bonds is 2. The molecular weight excluding hydrogens is 252 g/mol. The van der Waals surface area contributed by atoms with Crippen LogP contribution < -0.4 is 5.73 Å². The second kappa shape index (κ2) is 3.95. The number of nitrogens with zero attached hydrogens (tertiary/aromatic N) is 3. The second-order valence-electron chi connectivity index (χ2n) is 3.86. The first kappa shape index (κ1) is 11.0. The largest absolute Gasteiger partial charge is 0.461 e. The van der Waals surface area contributed by atoms with Gasteiger partial charge in [-0.3, -0.25) is 0 Å². The first-order valence-corrected chi connectivity index (χ1v) is 6.04. The van der Waals surface area contributed by atoms with Gasteiger partial charge in [0.05, 0.1) is 17.5 Å². The molecule has 0 aromatic carbocycles. The summed E-state index contributed by atoms with van der Waals surface area (Å²) in [5, 5.41) is 4.47. The summed E-state index contributed by atoms with van der Waals surface area (Å²) in [5.41, 5.74) is 8.27. The summed E-state index contributed by atoms with van der Waals surface area (Å²) in [5.74, 6) is 1.38. The summed E-state index contributed by atoms with van der Waals surface area (Å²) in [6, 6.07) is 1.84. The van der Waals surface area contributed by atoms with E-state index in [0.717, 1.165) is 11.3 Å². The maximum absolute atomic E-state index is 5.84. The molecule has 0 aliphatic carbocycles. The lowest BCUT2D eigenvalue weighted by Crippen LogP contribution is -1.86. The molecule has 92 valence electrons. The number of hydrogen-bond donors (Lipinski definition) is 1. The van der Waals surface area contributed by atoms with E-state index in [1.165, 1.54) is 11.5 Å². The number of furan rings is 1. The molecule has 0 spiro atoms. The van der Waals surface area contributed by atoms with Crippen LogP contribution in [0.5, 0.6) is 0 Å². The standard InChI is InChI=1S/C11H10N4O2S/c1-5-3-4-16-8(5)10-13-11(17-14-10)7-6(2)15-18-9(7)12/h3-4H,12H2,1-2H3. The molecule has 0 radical (unpaired) electrons. The third-order valence-electron chi connectivity index (χ3n) is 2.59. The third kappa shape index (κ3) is 1.60. The molecule has 0 saturated carbocycles. The summed E-state index contributed by atoms with van der Waals surface area (Å²) in [7, 11) is 0. The zero-order valence-corrected chi connectivity index (χ0v) is 10.6. The average molecular weight is 262 g/mol. The first-order valence-electron chi connectivity index (χ1n) is 5.27. The summed E-state index contributed by atoms with van der Waals surface area (Å²) < 4.78 is 14.7. The molecule has 3 aromatic heterocycles. The van der Waals surface area contributed by atoms with Crippen molar-refractivity contribution in [2.45, 2.75) is 13.8 Å². The Kier molecular flexibility index (Phi) is 2.41. The quantitative estimate of drug-likeness (QED) is 0.763. The van der Waals surface area contributed by atoms with E-state index in [4.69, 9.17) is 14.7 Å². The lowest BCUT2D eigenvalue weighted by Gasteiger charge is -1.91. The van der Waals surface area contributed by atoms with Crippen LogP contribution in [0.3, 0.4) is 0 Å². The van der Waals surface area contributed by atoms with Crippen molar-refractivity contribution < 1.29 is 8.94 Å². The van der Waals surface area contributed by atoms with Gasteiger partial charge in [-0.15, -0.1) is 0 Å². The monoisotopic (exact) mass is 262 g/mol. The highest BCUT2D eigenvalue weighted by Gasteiger charge is 2.19. The van der Waals surface area contributed by atoms with Crippen LogP contribution in [0, 0.1) is 13.8 Å². The molecule has 0 amide bonds. The molecule has 0 aliphatic heterocycles. The van der Waals surface area contributed by atoms with Crippen molar-refractivity contribution >= 4 is 16.5 Å². The molecule has 0 bridgehead atoms. The predicted octanol–water partition coefficient (Wildman–Crippen LogP) is 2.65. The van der Waals surface area contributed by atoms with Crippen molar-refractivity contribution in [3.8, 4) is 23.0 Å². The van der Waals surface area contributed by atoms with E-state index in [1.54, 1.807) is 6.26 Å². The molecule has 0 atom stereocenters. The van der Waals surface area contributed by atoms with E-state index < -0.39 is 0 Å². The van der Waals surface area contributed by atoms with E-state index in [9.17, 15) is 0 Å². The smallest absolute Gasteiger partial charge is 0.263 e. The summed E-state index contributed by atoms with van der Waals surface area (Å²) in [6.45, 7) is 3.77. The number of aromatic nitrogens is 3. The first-order chi connectivity index (χ1) is 8.66. The van der Waals surface area contributed by atoms with Gasteiger partial charge in [0.2, 0.25) is 5.82 Å². The van der Waals surface area contributed by atoms with E-state index in [1.807, 2.05) is 19.9 Å².